The maximum atomic E-state index is 12.9. The molecule has 0 atom stereocenters. The fourth-order valence-electron chi connectivity index (χ4n) is 0.923. The van der Waals surface area contributed by atoms with E-state index in [2.05, 4.69) is 15.9 Å². The van der Waals surface area contributed by atoms with E-state index in [1.807, 2.05) is 0 Å². The van der Waals surface area contributed by atoms with E-state index >= 15 is 0 Å². The normalized spacial score (nSPS) is 10.2. The van der Waals surface area contributed by atoms with Gasteiger partial charge in [-0.15, -0.1) is 0 Å². The number of halogens is 2. The number of nitrogens with zero attached hydrogens (tertiary/aromatic N) is 1. The number of nitrogen functional groups attached to an aromatic ring is 1. The first-order valence-electron chi connectivity index (χ1n) is 3.58. The van der Waals surface area contributed by atoms with Crippen LogP contribution < -0.4 is 10.8 Å². The highest BCUT2D eigenvalue weighted by Crippen LogP contribution is 2.28. The minimum atomic E-state index is -0.384. The van der Waals surface area contributed by atoms with Crippen LogP contribution in [0.5, 0.6) is 0 Å². The van der Waals surface area contributed by atoms with Gasteiger partial charge in [0.1, 0.15) is 5.82 Å². The molecule has 72 valence electrons. The van der Waals surface area contributed by atoms with Crippen molar-refractivity contribution in [3.63, 3.8) is 0 Å². The lowest BCUT2D eigenvalue weighted by Crippen LogP contribution is -2.16. The van der Waals surface area contributed by atoms with Crippen LogP contribution in [0.3, 0.4) is 0 Å². The van der Waals surface area contributed by atoms with Gasteiger partial charge in [-0.2, -0.15) is 0 Å². The standard InChI is InChI=1S/C8H10BrFN2O/c1-12(13-2)8-3-5(9)6(10)4-7(8)11/h3-4H,11H2,1-2H3. The first kappa shape index (κ1) is 10.3. The molecule has 5 heteroatoms. The Labute approximate surface area is 84.4 Å². The molecule has 1 aromatic rings. The van der Waals surface area contributed by atoms with E-state index in [0.29, 0.717) is 15.8 Å². The second kappa shape index (κ2) is 3.93. The van der Waals surface area contributed by atoms with Crippen LogP contribution in [0.15, 0.2) is 16.6 Å². The molecule has 0 aliphatic carbocycles. The van der Waals surface area contributed by atoms with Crippen LogP contribution in [0.4, 0.5) is 15.8 Å². The number of hydroxylamine groups is 1. The molecule has 0 aliphatic heterocycles. The van der Waals surface area contributed by atoms with Gasteiger partial charge in [-0.05, 0) is 22.0 Å². The number of anilines is 2. The van der Waals surface area contributed by atoms with Gasteiger partial charge in [-0.25, -0.2) is 4.39 Å². The highest BCUT2D eigenvalue weighted by atomic mass is 79.9. The predicted molar refractivity (Wildman–Crippen MR) is 53.9 cm³/mol. The van der Waals surface area contributed by atoms with E-state index in [-0.39, 0.29) is 5.82 Å². The largest absolute Gasteiger partial charge is 0.397 e. The van der Waals surface area contributed by atoms with E-state index < -0.39 is 0 Å². The molecule has 0 heterocycles. The Kier molecular flexibility index (Phi) is 3.11. The zero-order valence-electron chi connectivity index (χ0n) is 7.34. The molecule has 0 saturated carbocycles. The summed E-state index contributed by atoms with van der Waals surface area (Å²) < 4.78 is 13.3. The van der Waals surface area contributed by atoms with E-state index in [4.69, 9.17) is 10.6 Å². The molecule has 3 nitrogen and oxygen atoms in total. The molecule has 2 N–H and O–H groups in total. The fourth-order valence-corrected chi connectivity index (χ4v) is 1.25. The molecule has 0 unspecified atom stereocenters. The molecule has 0 amide bonds. The average Bonchev–Trinajstić information content (AvgIpc) is 2.10. The summed E-state index contributed by atoms with van der Waals surface area (Å²) in [6.07, 6.45) is 0. The molecule has 1 rings (SSSR count). The minimum absolute atomic E-state index is 0.338. The summed E-state index contributed by atoms with van der Waals surface area (Å²) in [6, 6.07) is 2.81. The summed E-state index contributed by atoms with van der Waals surface area (Å²) in [6.45, 7) is 0. The van der Waals surface area contributed by atoms with E-state index in [1.54, 1.807) is 13.1 Å². The third-order valence-corrected chi connectivity index (χ3v) is 2.29. The molecule has 0 radical (unpaired) electrons. The number of nitrogens with two attached hydrogens (primary N) is 1. The second-order valence-corrected chi connectivity index (χ2v) is 3.36. The first-order chi connectivity index (χ1) is 6.06. The zero-order valence-corrected chi connectivity index (χ0v) is 8.93. The molecule has 13 heavy (non-hydrogen) atoms. The second-order valence-electron chi connectivity index (χ2n) is 2.51. The number of hydrogen-bond donors (Lipinski definition) is 1. The van der Waals surface area contributed by atoms with Crippen molar-refractivity contribution in [1.29, 1.82) is 0 Å². The van der Waals surface area contributed by atoms with Gasteiger partial charge in [0.15, 0.2) is 0 Å². The Balaban J connectivity index is 3.15. The molecular weight excluding hydrogens is 239 g/mol. The third-order valence-electron chi connectivity index (χ3n) is 1.68. The van der Waals surface area contributed by atoms with Gasteiger partial charge in [-0.1, -0.05) is 0 Å². The van der Waals surface area contributed by atoms with Gasteiger partial charge in [-0.3, -0.25) is 9.90 Å². The van der Waals surface area contributed by atoms with Crippen LogP contribution >= 0.6 is 15.9 Å². The van der Waals surface area contributed by atoms with Crippen LogP contribution in [0.25, 0.3) is 0 Å². The lowest BCUT2D eigenvalue weighted by atomic mass is 10.2. The Bertz CT molecular complexity index is 319. The van der Waals surface area contributed by atoms with Crippen molar-refractivity contribution < 1.29 is 9.23 Å². The fraction of sp³-hybridized carbons (Fsp3) is 0.250. The smallest absolute Gasteiger partial charge is 0.139 e. The summed E-state index contributed by atoms with van der Waals surface area (Å²) in [7, 11) is 3.20. The van der Waals surface area contributed by atoms with Crippen molar-refractivity contribution in [1.82, 2.24) is 0 Å². The highest BCUT2D eigenvalue weighted by molar-refractivity contribution is 9.10. The molecule has 0 spiro atoms. The van der Waals surface area contributed by atoms with Gasteiger partial charge < -0.3 is 5.73 Å². The maximum absolute atomic E-state index is 12.9. The van der Waals surface area contributed by atoms with Crippen molar-refractivity contribution in [2.45, 2.75) is 0 Å². The van der Waals surface area contributed by atoms with Crippen molar-refractivity contribution in [3.8, 4) is 0 Å². The monoisotopic (exact) mass is 248 g/mol. The van der Waals surface area contributed by atoms with Gasteiger partial charge >= 0.3 is 0 Å². The Morgan fingerprint density at radius 2 is 2.15 bits per heavy atom. The van der Waals surface area contributed by atoms with E-state index in [9.17, 15) is 4.39 Å². The quantitative estimate of drug-likeness (QED) is 0.644. The number of benzene rings is 1. The summed E-state index contributed by atoms with van der Waals surface area (Å²) in [5.74, 6) is -0.384. The Morgan fingerprint density at radius 3 is 2.69 bits per heavy atom. The van der Waals surface area contributed by atoms with Crippen LogP contribution in [0.2, 0.25) is 0 Å². The van der Waals surface area contributed by atoms with Crippen LogP contribution in [-0.4, -0.2) is 14.2 Å². The molecule has 0 fully saturated rings. The summed E-state index contributed by atoms with van der Waals surface area (Å²) >= 11 is 3.06. The van der Waals surface area contributed by atoms with Gasteiger partial charge in [0.25, 0.3) is 0 Å². The predicted octanol–water partition coefficient (Wildman–Crippen LogP) is 2.17. The van der Waals surface area contributed by atoms with Gasteiger partial charge in [0.05, 0.1) is 23.0 Å². The van der Waals surface area contributed by atoms with E-state index in [1.165, 1.54) is 18.2 Å². The highest BCUT2D eigenvalue weighted by Gasteiger charge is 2.08. The summed E-state index contributed by atoms with van der Waals surface area (Å²) in [5.41, 5.74) is 6.54. The van der Waals surface area contributed by atoms with Crippen molar-refractivity contribution >= 4 is 27.3 Å². The van der Waals surface area contributed by atoms with Gasteiger partial charge in [0, 0.05) is 13.1 Å². The molecular formula is C8H10BrFN2O. The molecule has 1 aromatic carbocycles. The van der Waals surface area contributed by atoms with Crippen molar-refractivity contribution in [2.75, 3.05) is 25.0 Å². The zero-order chi connectivity index (χ0) is 10.0. The number of rotatable bonds is 2. The summed E-state index contributed by atoms with van der Waals surface area (Å²) in [4.78, 5) is 4.92. The lowest BCUT2D eigenvalue weighted by Gasteiger charge is -2.18. The average molecular weight is 249 g/mol. The molecule has 0 saturated heterocycles. The van der Waals surface area contributed by atoms with Crippen molar-refractivity contribution in [2.24, 2.45) is 0 Å². The van der Waals surface area contributed by atoms with Crippen LogP contribution in [-0.2, 0) is 4.84 Å². The number of hydrogen-bond acceptors (Lipinski definition) is 3. The third kappa shape index (κ3) is 2.10. The Hall–Kier alpha value is -0.810. The van der Waals surface area contributed by atoms with E-state index in [0.717, 1.165) is 0 Å². The molecule has 0 aromatic heterocycles. The van der Waals surface area contributed by atoms with Gasteiger partial charge in [0.2, 0.25) is 0 Å². The minimum Gasteiger partial charge on any atom is -0.397 e. The van der Waals surface area contributed by atoms with Crippen LogP contribution in [0, 0.1) is 5.82 Å². The topological polar surface area (TPSA) is 38.5 Å². The molecule has 0 bridgehead atoms. The first-order valence-corrected chi connectivity index (χ1v) is 4.38. The van der Waals surface area contributed by atoms with Crippen molar-refractivity contribution in [3.05, 3.63) is 22.4 Å². The lowest BCUT2D eigenvalue weighted by molar-refractivity contribution is 0.185. The van der Waals surface area contributed by atoms with Crippen LogP contribution in [0.1, 0.15) is 0 Å². The SMILES string of the molecule is CON(C)c1cc(Br)c(F)cc1N. The maximum Gasteiger partial charge on any atom is 0.139 e. The Morgan fingerprint density at radius 1 is 1.54 bits per heavy atom. The molecule has 0 aliphatic rings. The summed E-state index contributed by atoms with van der Waals surface area (Å²) in [5, 5.41) is 1.46.